The average molecular weight is 385 g/mol. The minimum atomic E-state index is -0.385. The van der Waals surface area contributed by atoms with Gasteiger partial charge >= 0.3 is 6.09 Å². The average Bonchev–Trinajstić information content (AvgIpc) is 2.55. The van der Waals surface area contributed by atoms with E-state index in [1.807, 2.05) is 0 Å². The van der Waals surface area contributed by atoms with Gasteiger partial charge in [0.25, 0.3) is 0 Å². The van der Waals surface area contributed by atoms with E-state index in [4.69, 9.17) is 4.74 Å². The van der Waals surface area contributed by atoms with E-state index in [9.17, 15) is 14.0 Å². The molecule has 0 unspecified atom stereocenters. The zero-order chi connectivity index (χ0) is 16.8. The Morgan fingerprint density at radius 3 is 2.57 bits per heavy atom. The fourth-order valence-corrected chi connectivity index (χ4v) is 2.61. The molecule has 1 aliphatic heterocycles. The third-order valence-corrected chi connectivity index (χ3v) is 3.97. The Bertz CT molecular complexity index is 613. The first-order valence-corrected chi connectivity index (χ1v) is 8.14. The number of carbonyl (C=O) groups excluding carboxylic acids is 2. The molecule has 1 aromatic rings. The molecule has 23 heavy (non-hydrogen) atoms. The van der Waals surface area contributed by atoms with Gasteiger partial charge in [-0.1, -0.05) is 15.9 Å². The van der Waals surface area contributed by atoms with Crippen LogP contribution in [0.5, 0.6) is 0 Å². The van der Waals surface area contributed by atoms with Crippen molar-refractivity contribution in [3.63, 3.8) is 0 Å². The number of piperazine rings is 1. The summed E-state index contributed by atoms with van der Waals surface area (Å²) in [6.07, 6.45) is 2.46. The van der Waals surface area contributed by atoms with E-state index in [0.717, 1.165) is 4.47 Å². The van der Waals surface area contributed by atoms with Crippen molar-refractivity contribution in [1.29, 1.82) is 0 Å². The summed E-state index contributed by atoms with van der Waals surface area (Å²) < 4.78 is 19.3. The first-order chi connectivity index (χ1) is 11.0. The SMILES string of the molecule is CCOC(=O)N1CCN(C(=O)/C=C/c2cc(Br)ccc2F)CC1. The first kappa shape index (κ1) is 17.5. The quantitative estimate of drug-likeness (QED) is 0.752. The summed E-state index contributed by atoms with van der Waals surface area (Å²) in [5.74, 6) is -0.586. The molecular formula is C16H18BrFN2O3. The van der Waals surface area contributed by atoms with Gasteiger partial charge in [0.05, 0.1) is 6.61 Å². The van der Waals surface area contributed by atoms with Crippen LogP contribution in [0.4, 0.5) is 9.18 Å². The Hall–Kier alpha value is -1.89. The van der Waals surface area contributed by atoms with E-state index in [1.54, 1.807) is 28.9 Å². The van der Waals surface area contributed by atoms with Crippen molar-refractivity contribution in [1.82, 2.24) is 9.80 Å². The van der Waals surface area contributed by atoms with Crippen LogP contribution in [0.15, 0.2) is 28.7 Å². The minimum Gasteiger partial charge on any atom is -0.450 e. The van der Waals surface area contributed by atoms with Gasteiger partial charge in [-0.3, -0.25) is 4.79 Å². The molecule has 0 bridgehead atoms. The van der Waals surface area contributed by atoms with Crippen LogP contribution in [-0.2, 0) is 9.53 Å². The zero-order valence-electron chi connectivity index (χ0n) is 12.8. The van der Waals surface area contributed by atoms with Crippen molar-refractivity contribution >= 4 is 34.0 Å². The molecule has 1 aromatic carbocycles. The van der Waals surface area contributed by atoms with Crippen LogP contribution in [-0.4, -0.2) is 54.6 Å². The fourth-order valence-electron chi connectivity index (χ4n) is 2.23. The standard InChI is InChI=1S/C16H18BrFN2O3/c1-2-23-16(22)20-9-7-19(8-10-20)15(21)6-3-12-11-13(17)4-5-14(12)18/h3-6,11H,2,7-10H2,1H3/b6-3+. The number of hydrogen-bond donors (Lipinski definition) is 0. The van der Waals surface area contributed by atoms with Gasteiger partial charge in [0, 0.05) is 42.3 Å². The maximum atomic E-state index is 13.6. The molecule has 0 spiro atoms. The van der Waals surface area contributed by atoms with Gasteiger partial charge in [0.2, 0.25) is 5.91 Å². The Morgan fingerprint density at radius 2 is 1.91 bits per heavy atom. The van der Waals surface area contributed by atoms with Crippen LogP contribution in [0.2, 0.25) is 0 Å². The molecule has 0 radical (unpaired) electrons. The molecule has 1 aliphatic rings. The van der Waals surface area contributed by atoms with Gasteiger partial charge in [-0.15, -0.1) is 0 Å². The number of carbonyl (C=O) groups is 2. The highest BCUT2D eigenvalue weighted by atomic mass is 79.9. The lowest BCUT2D eigenvalue weighted by Gasteiger charge is -2.33. The van der Waals surface area contributed by atoms with Crippen LogP contribution < -0.4 is 0 Å². The smallest absolute Gasteiger partial charge is 0.409 e. The Kier molecular flexibility index (Phi) is 6.15. The number of hydrogen-bond acceptors (Lipinski definition) is 3. The predicted molar refractivity (Wildman–Crippen MR) is 88.3 cm³/mol. The lowest BCUT2D eigenvalue weighted by atomic mass is 10.2. The third kappa shape index (κ3) is 4.79. The Balaban J connectivity index is 1.91. The van der Waals surface area contributed by atoms with Crippen LogP contribution in [0.3, 0.4) is 0 Å². The molecule has 7 heteroatoms. The van der Waals surface area contributed by atoms with E-state index < -0.39 is 0 Å². The lowest BCUT2D eigenvalue weighted by molar-refractivity contribution is -0.127. The van der Waals surface area contributed by atoms with Crippen molar-refractivity contribution in [3.8, 4) is 0 Å². The second kappa shape index (κ2) is 8.10. The summed E-state index contributed by atoms with van der Waals surface area (Å²) in [4.78, 5) is 26.9. The molecule has 0 aliphatic carbocycles. The van der Waals surface area contributed by atoms with Gasteiger partial charge < -0.3 is 14.5 Å². The molecule has 1 heterocycles. The van der Waals surface area contributed by atoms with Crippen molar-refractivity contribution in [2.45, 2.75) is 6.92 Å². The number of ether oxygens (including phenoxy) is 1. The number of rotatable bonds is 3. The van der Waals surface area contributed by atoms with Gasteiger partial charge in [0.1, 0.15) is 5.82 Å². The fraction of sp³-hybridized carbons (Fsp3) is 0.375. The highest BCUT2D eigenvalue weighted by molar-refractivity contribution is 9.10. The summed E-state index contributed by atoms with van der Waals surface area (Å²) >= 11 is 3.27. The molecule has 0 aromatic heterocycles. The largest absolute Gasteiger partial charge is 0.450 e. The Morgan fingerprint density at radius 1 is 1.26 bits per heavy atom. The van der Waals surface area contributed by atoms with Gasteiger partial charge in [-0.2, -0.15) is 0 Å². The molecule has 0 atom stereocenters. The summed E-state index contributed by atoms with van der Waals surface area (Å²) in [5, 5.41) is 0. The van der Waals surface area contributed by atoms with Crippen LogP contribution in [0.1, 0.15) is 12.5 Å². The predicted octanol–water partition coefficient (Wildman–Crippen LogP) is 2.90. The van der Waals surface area contributed by atoms with Gasteiger partial charge in [0.15, 0.2) is 0 Å². The monoisotopic (exact) mass is 384 g/mol. The van der Waals surface area contributed by atoms with Crippen LogP contribution in [0, 0.1) is 5.82 Å². The van der Waals surface area contributed by atoms with Crippen molar-refractivity contribution in [2.75, 3.05) is 32.8 Å². The van der Waals surface area contributed by atoms with E-state index in [-0.39, 0.29) is 17.8 Å². The number of benzene rings is 1. The van der Waals surface area contributed by atoms with Gasteiger partial charge in [-0.25, -0.2) is 9.18 Å². The van der Waals surface area contributed by atoms with Crippen LogP contribution >= 0.6 is 15.9 Å². The number of halogens is 2. The minimum absolute atomic E-state index is 0.201. The Labute approximate surface area is 142 Å². The number of amides is 2. The second-order valence-electron chi connectivity index (χ2n) is 5.01. The molecule has 2 rings (SSSR count). The van der Waals surface area contributed by atoms with E-state index in [0.29, 0.717) is 38.3 Å². The first-order valence-electron chi connectivity index (χ1n) is 7.35. The lowest BCUT2D eigenvalue weighted by Crippen LogP contribution is -2.50. The molecule has 1 fully saturated rings. The normalized spacial score (nSPS) is 15.1. The molecular weight excluding hydrogens is 367 g/mol. The highest BCUT2D eigenvalue weighted by Crippen LogP contribution is 2.17. The molecule has 124 valence electrons. The summed E-state index contributed by atoms with van der Waals surface area (Å²) in [6.45, 7) is 3.82. The maximum Gasteiger partial charge on any atom is 0.409 e. The maximum absolute atomic E-state index is 13.6. The van der Waals surface area contributed by atoms with E-state index in [2.05, 4.69) is 15.9 Å². The molecule has 2 amide bonds. The van der Waals surface area contributed by atoms with Gasteiger partial charge in [-0.05, 0) is 31.2 Å². The molecule has 1 saturated heterocycles. The van der Waals surface area contributed by atoms with E-state index >= 15 is 0 Å². The molecule has 0 saturated carbocycles. The number of nitrogens with zero attached hydrogens (tertiary/aromatic N) is 2. The topological polar surface area (TPSA) is 49.9 Å². The molecule has 0 N–H and O–H groups in total. The van der Waals surface area contributed by atoms with Crippen LogP contribution in [0.25, 0.3) is 6.08 Å². The van der Waals surface area contributed by atoms with Crippen molar-refractivity contribution in [2.24, 2.45) is 0 Å². The highest BCUT2D eigenvalue weighted by Gasteiger charge is 2.23. The summed E-state index contributed by atoms with van der Waals surface area (Å²) in [6, 6.07) is 4.55. The second-order valence-corrected chi connectivity index (χ2v) is 5.93. The summed E-state index contributed by atoms with van der Waals surface area (Å²) in [7, 11) is 0. The summed E-state index contributed by atoms with van der Waals surface area (Å²) in [5.41, 5.74) is 0.345. The zero-order valence-corrected chi connectivity index (χ0v) is 14.4. The van der Waals surface area contributed by atoms with Crippen molar-refractivity contribution in [3.05, 3.63) is 40.1 Å². The van der Waals surface area contributed by atoms with Crippen molar-refractivity contribution < 1.29 is 18.7 Å². The molecule has 5 nitrogen and oxygen atoms in total. The third-order valence-electron chi connectivity index (χ3n) is 3.48. The van der Waals surface area contributed by atoms with E-state index in [1.165, 1.54) is 18.2 Å².